The smallest absolute Gasteiger partial charge is 0.222 e. The van der Waals surface area contributed by atoms with E-state index in [1.807, 2.05) is 23.2 Å². The minimum Gasteiger partial charge on any atom is -0.372 e. The second-order valence-corrected chi connectivity index (χ2v) is 7.12. The molecule has 0 atom stereocenters. The van der Waals surface area contributed by atoms with Gasteiger partial charge in [0.1, 0.15) is 5.82 Å². The maximum atomic E-state index is 13.7. The van der Waals surface area contributed by atoms with Gasteiger partial charge in [-0.3, -0.25) is 4.79 Å². The Morgan fingerprint density at radius 3 is 2.84 bits per heavy atom. The minimum atomic E-state index is -0.232. The first-order valence-electron chi connectivity index (χ1n) is 9.17. The number of hydrogen-bond acceptors (Lipinski definition) is 2. The van der Waals surface area contributed by atoms with Crippen LogP contribution in [0.1, 0.15) is 44.7 Å². The number of rotatable bonds is 3. The van der Waals surface area contributed by atoms with E-state index in [2.05, 4.69) is 22.9 Å². The zero-order valence-corrected chi connectivity index (χ0v) is 14.6. The Morgan fingerprint density at radius 2 is 2.08 bits per heavy atom. The van der Waals surface area contributed by atoms with Gasteiger partial charge in [-0.2, -0.15) is 0 Å². The van der Waals surface area contributed by atoms with E-state index in [1.165, 1.54) is 11.8 Å². The van der Waals surface area contributed by atoms with Crippen LogP contribution in [-0.4, -0.2) is 28.5 Å². The maximum Gasteiger partial charge on any atom is 0.222 e. The van der Waals surface area contributed by atoms with Crippen LogP contribution in [-0.2, 0) is 10.3 Å². The number of nitrogens with zero attached hydrogens (tertiary/aromatic N) is 2. The van der Waals surface area contributed by atoms with Gasteiger partial charge in [0, 0.05) is 31.4 Å². The fourth-order valence-corrected chi connectivity index (χ4v) is 4.13. The summed E-state index contributed by atoms with van der Waals surface area (Å²) in [5.41, 5.74) is 2.78. The van der Waals surface area contributed by atoms with Crippen molar-refractivity contribution in [2.75, 3.05) is 18.4 Å². The zero-order valence-electron chi connectivity index (χ0n) is 14.6. The first-order valence-corrected chi connectivity index (χ1v) is 9.17. The van der Waals surface area contributed by atoms with E-state index < -0.39 is 0 Å². The van der Waals surface area contributed by atoms with Crippen LogP contribution in [0.2, 0.25) is 0 Å². The van der Waals surface area contributed by atoms with Gasteiger partial charge < -0.3 is 14.8 Å². The molecule has 0 aliphatic carbocycles. The Balaban J connectivity index is 1.59. The van der Waals surface area contributed by atoms with E-state index in [-0.39, 0.29) is 17.3 Å². The summed E-state index contributed by atoms with van der Waals surface area (Å²) in [4.78, 5) is 14.3. The molecule has 0 unspecified atom stereocenters. The highest BCUT2D eigenvalue weighted by atomic mass is 19.1. The zero-order chi connectivity index (χ0) is 17.4. The highest BCUT2D eigenvalue weighted by Crippen LogP contribution is 2.43. The minimum absolute atomic E-state index is 0.230. The Bertz CT molecular complexity index is 790. The van der Waals surface area contributed by atoms with Crippen molar-refractivity contribution in [2.24, 2.45) is 0 Å². The molecule has 1 aromatic heterocycles. The van der Waals surface area contributed by atoms with Gasteiger partial charge in [-0.15, -0.1) is 0 Å². The fourth-order valence-electron chi connectivity index (χ4n) is 4.13. The summed E-state index contributed by atoms with van der Waals surface area (Å²) in [6, 6.07) is 9.05. The highest BCUT2D eigenvalue weighted by molar-refractivity contribution is 5.76. The fraction of sp³-hybridized carbons (Fsp3) is 0.450. The molecule has 4 rings (SSSR count). The Labute approximate surface area is 147 Å². The molecule has 4 nitrogen and oxygen atoms in total. The molecule has 0 radical (unpaired) electrons. The number of carbonyl (C=O) groups excluding carboxylic acids is 1. The number of unbranched alkanes of at least 4 members (excludes halogenated alkanes) is 1. The Kier molecular flexibility index (Phi) is 4.02. The van der Waals surface area contributed by atoms with Crippen molar-refractivity contribution in [1.29, 1.82) is 0 Å². The normalized spacial score (nSPS) is 17.8. The number of piperidine rings is 1. The van der Waals surface area contributed by atoms with Crippen molar-refractivity contribution in [3.05, 3.63) is 48.0 Å². The van der Waals surface area contributed by atoms with Gasteiger partial charge in [-0.25, -0.2) is 4.39 Å². The van der Waals surface area contributed by atoms with Crippen LogP contribution in [0.3, 0.4) is 0 Å². The van der Waals surface area contributed by atoms with E-state index in [1.54, 1.807) is 6.07 Å². The molecule has 2 aliphatic heterocycles. The summed E-state index contributed by atoms with van der Waals surface area (Å²) >= 11 is 0. The number of halogens is 1. The van der Waals surface area contributed by atoms with Gasteiger partial charge in [0.15, 0.2) is 0 Å². The number of nitrogens with one attached hydrogen (secondary N) is 1. The first-order chi connectivity index (χ1) is 12.1. The van der Waals surface area contributed by atoms with Crippen LogP contribution >= 0.6 is 0 Å². The molecule has 1 amide bonds. The number of carbonyl (C=O) groups is 1. The lowest BCUT2D eigenvalue weighted by Crippen LogP contribution is -2.51. The van der Waals surface area contributed by atoms with E-state index in [4.69, 9.17) is 0 Å². The predicted octanol–water partition coefficient (Wildman–Crippen LogP) is 4.05. The number of likely N-dealkylation sites (tertiary alicyclic amines) is 1. The Morgan fingerprint density at radius 1 is 1.28 bits per heavy atom. The average molecular weight is 341 g/mol. The molecule has 5 heteroatoms. The van der Waals surface area contributed by atoms with Crippen molar-refractivity contribution >= 4 is 11.6 Å². The molecule has 1 saturated heterocycles. The average Bonchev–Trinajstić information content (AvgIpc) is 3.11. The molecule has 0 saturated carbocycles. The standard InChI is InChI=1S/C20H24FN3O/c1-2-3-6-19(25)23-12-9-20(10-13-23)18-5-4-11-24(18)17-8-7-15(21)14-16(17)22-20/h4-5,7-8,11,14,22H,2-3,6,9-10,12-13H2,1H3. The molecule has 2 aromatic rings. The van der Waals surface area contributed by atoms with Gasteiger partial charge in [0.25, 0.3) is 0 Å². The number of anilines is 1. The molecule has 1 aromatic carbocycles. The van der Waals surface area contributed by atoms with Crippen molar-refractivity contribution < 1.29 is 9.18 Å². The van der Waals surface area contributed by atoms with Gasteiger partial charge >= 0.3 is 0 Å². The predicted molar refractivity (Wildman–Crippen MR) is 96.4 cm³/mol. The second-order valence-electron chi connectivity index (χ2n) is 7.12. The number of benzene rings is 1. The van der Waals surface area contributed by atoms with E-state index in [0.717, 1.165) is 50.1 Å². The lowest BCUT2D eigenvalue weighted by Gasteiger charge is -2.46. The van der Waals surface area contributed by atoms with E-state index in [0.29, 0.717) is 6.42 Å². The summed E-state index contributed by atoms with van der Waals surface area (Å²) in [6.07, 6.45) is 6.35. The van der Waals surface area contributed by atoms with Crippen LogP contribution in [0.5, 0.6) is 0 Å². The van der Waals surface area contributed by atoms with Crippen LogP contribution in [0.15, 0.2) is 36.5 Å². The van der Waals surface area contributed by atoms with Crippen LogP contribution in [0.4, 0.5) is 10.1 Å². The third-order valence-corrected chi connectivity index (χ3v) is 5.55. The summed E-state index contributed by atoms with van der Waals surface area (Å²) in [6.45, 7) is 3.59. The lowest BCUT2D eigenvalue weighted by molar-refractivity contribution is -0.132. The molecular formula is C20H24FN3O. The quantitative estimate of drug-likeness (QED) is 0.914. The molecule has 1 spiro atoms. The van der Waals surface area contributed by atoms with Crippen LogP contribution in [0, 0.1) is 5.82 Å². The van der Waals surface area contributed by atoms with Gasteiger partial charge in [0.05, 0.1) is 16.9 Å². The third-order valence-electron chi connectivity index (χ3n) is 5.55. The first kappa shape index (κ1) is 16.2. The van der Waals surface area contributed by atoms with E-state index >= 15 is 0 Å². The van der Waals surface area contributed by atoms with Crippen molar-refractivity contribution in [2.45, 2.75) is 44.6 Å². The number of hydrogen-bond donors (Lipinski definition) is 1. The van der Waals surface area contributed by atoms with Gasteiger partial charge in [0.2, 0.25) is 5.91 Å². The monoisotopic (exact) mass is 341 g/mol. The molecule has 25 heavy (non-hydrogen) atoms. The molecule has 1 N–H and O–H groups in total. The van der Waals surface area contributed by atoms with E-state index in [9.17, 15) is 9.18 Å². The molecule has 132 valence electrons. The molecule has 1 fully saturated rings. The highest BCUT2D eigenvalue weighted by Gasteiger charge is 2.42. The SMILES string of the molecule is CCCCC(=O)N1CCC2(CC1)Nc1cc(F)ccc1-n1cccc12. The van der Waals surface area contributed by atoms with Crippen molar-refractivity contribution in [3.8, 4) is 5.69 Å². The summed E-state index contributed by atoms with van der Waals surface area (Å²) in [5.74, 6) is 0.0264. The Hall–Kier alpha value is -2.30. The lowest BCUT2D eigenvalue weighted by atomic mass is 9.82. The van der Waals surface area contributed by atoms with Crippen molar-refractivity contribution in [3.63, 3.8) is 0 Å². The summed E-state index contributed by atoms with van der Waals surface area (Å²) < 4.78 is 15.9. The molecule has 0 bridgehead atoms. The second kappa shape index (κ2) is 6.21. The number of amides is 1. The van der Waals surface area contributed by atoms with Gasteiger partial charge in [-0.05, 0) is 49.6 Å². The molecular weight excluding hydrogens is 317 g/mol. The van der Waals surface area contributed by atoms with Crippen LogP contribution in [0.25, 0.3) is 5.69 Å². The number of aromatic nitrogens is 1. The topological polar surface area (TPSA) is 37.3 Å². The molecule has 2 aliphatic rings. The summed E-state index contributed by atoms with van der Waals surface area (Å²) in [5, 5.41) is 3.60. The summed E-state index contributed by atoms with van der Waals surface area (Å²) in [7, 11) is 0. The van der Waals surface area contributed by atoms with Crippen LogP contribution < -0.4 is 5.32 Å². The maximum absolute atomic E-state index is 13.7. The van der Waals surface area contributed by atoms with Gasteiger partial charge in [-0.1, -0.05) is 13.3 Å². The number of fused-ring (bicyclic) bond motifs is 4. The molecule has 3 heterocycles. The third kappa shape index (κ3) is 2.71. The largest absolute Gasteiger partial charge is 0.372 e. The van der Waals surface area contributed by atoms with Crippen molar-refractivity contribution in [1.82, 2.24) is 9.47 Å².